The highest BCUT2D eigenvalue weighted by molar-refractivity contribution is 4.79. The van der Waals surface area contributed by atoms with E-state index >= 15 is 0 Å². The highest BCUT2D eigenvalue weighted by atomic mass is 16.5. The molecular weight excluding hydrogens is 116 g/mol. The number of ether oxygens (including phenoxy) is 1. The van der Waals surface area contributed by atoms with Gasteiger partial charge in [0.25, 0.3) is 0 Å². The molecule has 0 radical (unpaired) electrons. The van der Waals surface area contributed by atoms with Crippen LogP contribution < -0.4 is 0 Å². The Morgan fingerprint density at radius 2 is 2.56 bits per heavy atom. The number of aliphatic hydroxyl groups excluding tert-OH is 1. The lowest BCUT2D eigenvalue weighted by Crippen LogP contribution is -2.04. The van der Waals surface area contributed by atoms with Crippen LogP contribution in [-0.4, -0.2) is 23.9 Å². The van der Waals surface area contributed by atoms with Crippen LogP contribution in [0.1, 0.15) is 12.8 Å². The van der Waals surface area contributed by atoms with Gasteiger partial charge in [0.15, 0.2) is 0 Å². The van der Waals surface area contributed by atoms with E-state index in [-0.39, 0.29) is 12.2 Å². The first kappa shape index (κ1) is 6.78. The number of rotatable bonds is 2. The molecule has 1 saturated heterocycles. The van der Waals surface area contributed by atoms with Crippen LogP contribution >= 0.6 is 0 Å². The largest absolute Gasteiger partial charge is 0.391 e. The summed E-state index contributed by atoms with van der Waals surface area (Å²) >= 11 is 0. The van der Waals surface area contributed by atoms with Crippen LogP contribution in [0.15, 0.2) is 12.7 Å². The molecule has 52 valence electrons. The van der Waals surface area contributed by atoms with Gasteiger partial charge in [0.2, 0.25) is 0 Å². The van der Waals surface area contributed by atoms with Crippen molar-refractivity contribution in [3.8, 4) is 0 Å². The van der Waals surface area contributed by atoms with Gasteiger partial charge in [0, 0.05) is 6.42 Å². The summed E-state index contributed by atoms with van der Waals surface area (Å²) in [5.41, 5.74) is 0. The van der Waals surface area contributed by atoms with Crippen molar-refractivity contribution < 1.29 is 9.84 Å². The van der Waals surface area contributed by atoms with Crippen molar-refractivity contribution in [1.82, 2.24) is 0 Å². The minimum absolute atomic E-state index is 0.220. The van der Waals surface area contributed by atoms with Gasteiger partial charge in [0.1, 0.15) is 0 Å². The van der Waals surface area contributed by atoms with Gasteiger partial charge in [-0.05, 0) is 6.42 Å². The quantitative estimate of drug-likeness (QED) is 0.555. The second-order valence-corrected chi connectivity index (χ2v) is 2.37. The van der Waals surface area contributed by atoms with Gasteiger partial charge in [-0.3, -0.25) is 0 Å². The molecule has 0 spiro atoms. The summed E-state index contributed by atoms with van der Waals surface area (Å²) in [5.74, 6) is 0. The summed E-state index contributed by atoms with van der Waals surface area (Å²) in [6.45, 7) is 4.09. The first-order chi connectivity index (χ1) is 4.33. The number of aliphatic hydroxyl groups is 1. The molecule has 0 aromatic heterocycles. The Hall–Kier alpha value is -0.340. The normalized spacial score (nSPS) is 34.8. The minimum Gasteiger partial charge on any atom is -0.391 e. The Balaban J connectivity index is 2.21. The number of hydrogen-bond donors (Lipinski definition) is 1. The molecule has 1 aliphatic heterocycles. The lowest BCUT2D eigenvalue weighted by Gasteiger charge is -2.02. The van der Waals surface area contributed by atoms with E-state index in [2.05, 4.69) is 6.58 Å². The molecule has 2 heteroatoms. The molecule has 2 atom stereocenters. The van der Waals surface area contributed by atoms with Crippen molar-refractivity contribution in [2.75, 3.05) is 6.61 Å². The van der Waals surface area contributed by atoms with Crippen LogP contribution in [-0.2, 0) is 4.74 Å². The van der Waals surface area contributed by atoms with E-state index in [9.17, 15) is 0 Å². The zero-order valence-corrected chi connectivity index (χ0v) is 5.42. The molecule has 2 nitrogen and oxygen atoms in total. The molecule has 0 amide bonds. The Kier molecular flexibility index (Phi) is 2.25. The van der Waals surface area contributed by atoms with Crippen LogP contribution in [0.25, 0.3) is 0 Å². The summed E-state index contributed by atoms with van der Waals surface area (Å²) in [7, 11) is 0. The van der Waals surface area contributed by atoms with Gasteiger partial charge in [-0.2, -0.15) is 0 Å². The minimum atomic E-state index is -0.241. The third kappa shape index (κ3) is 1.80. The summed E-state index contributed by atoms with van der Waals surface area (Å²) in [4.78, 5) is 0. The topological polar surface area (TPSA) is 29.5 Å². The Morgan fingerprint density at radius 1 is 1.78 bits per heavy atom. The Labute approximate surface area is 55.1 Å². The summed E-state index contributed by atoms with van der Waals surface area (Å²) < 4.78 is 5.18. The molecule has 0 aliphatic carbocycles. The summed E-state index contributed by atoms with van der Waals surface area (Å²) in [6, 6.07) is 0. The second-order valence-electron chi connectivity index (χ2n) is 2.37. The second kappa shape index (κ2) is 2.99. The predicted octanol–water partition coefficient (Wildman–Crippen LogP) is 0.712. The van der Waals surface area contributed by atoms with Crippen molar-refractivity contribution in [1.29, 1.82) is 0 Å². The van der Waals surface area contributed by atoms with E-state index in [1.54, 1.807) is 0 Å². The molecule has 0 unspecified atom stereocenters. The van der Waals surface area contributed by atoms with Crippen LogP contribution in [0.4, 0.5) is 0 Å². The SMILES string of the molecule is C=CC[C@H]1C[C@@H](O)CO1. The molecule has 1 heterocycles. The van der Waals surface area contributed by atoms with Crippen molar-refractivity contribution in [3.05, 3.63) is 12.7 Å². The molecule has 0 saturated carbocycles. The van der Waals surface area contributed by atoms with Crippen LogP contribution in [0, 0.1) is 0 Å². The fraction of sp³-hybridized carbons (Fsp3) is 0.714. The molecule has 9 heavy (non-hydrogen) atoms. The van der Waals surface area contributed by atoms with Crippen molar-refractivity contribution >= 4 is 0 Å². The molecule has 1 N–H and O–H groups in total. The van der Waals surface area contributed by atoms with Gasteiger partial charge in [0.05, 0.1) is 18.8 Å². The first-order valence-electron chi connectivity index (χ1n) is 3.23. The molecule has 0 aromatic carbocycles. The first-order valence-corrected chi connectivity index (χ1v) is 3.23. The zero-order valence-electron chi connectivity index (χ0n) is 5.42. The standard InChI is InChI=1S/C7H12O2/c1-2-3-7-4-6(8)5-9-7/h2,6-8H,1,3-5H2/t6-,7+/m1/s1. The van der Waals surface area contributed by atoms with Gasteiger partial charge in [-0.25, -0.2) is 0 Å². The molecule has 1 fully saturated rings. The maximum Gasteiger partial charge on any atom is 0.0798 e. The van der Waals surface area contributed by atoms with Crippen LogP contribution in [0.2, 0.25) is 0 Å². The van der Waals surface area contributed by atoms with E-state index in [0.717, 1.165) is 12.8 Å². The van der Waals surface area contributed by atoms with Crippen molar-refractivity contribution in [2.24, 2.45) is 0 Å². The molecule has 1 rings (SSSR count). The third-order valence-corrected chi connectivity index (χ3v) is 1.49. The van der Waals surface area contributed by atoms with Crippen molar-refractivity contribution in [3.63, 3.8) is 0 Å². The fourth-order valence-electron chi connectivity index (χ4n) is 1.04. The van der Waals surface area contributed by atoms with E-state index < -0.39 is 0 Å². The van der Waals surface area contributed by atoms with Crippen molar-refractivity contribution in [2.45, 2.75) is 25.0 Å². The molecular formula is C7H12O2. The average Bonchev–Trinajstić information content (AvgIpc) is 2.17. The molecule has 0 aromatic rings. The van der Waals surface area contributed by atoms with Crippen LogP contribution in [0.3, 0.4) is 0 Å². The molecule has 1 aliphatic rings. The highest BCUT2D eigenvalue weighted by Gasteiger charge is 2.21. The maximum absolute atomic E-state index is 8.97. The highest BCUT2D eigenvalue weighted by Crippen LogP contribution is 2.15. The van der Waals surface area contributed by atoms with E-state index in [0.29, 0.717) is 6.61 Å². The fourth-order valence-corrected chi connectivity index (χ4v) is 1.04. The summed E-state index contributed by atoms with van der Waals surface area (Å²) in [5, 5.41) is 8.97. The van der Waals surface area contributed by atoms with E-state index in [1.807, 2.05) is 6.08 Å². The Morgan fingerprint density at radius 3 is 3.00 bits per heavy atom. The lowest BCUT2D eigenvalue weighted by atomic mass is 10.1. The van der Waals surface area contributed by atoms with E-state index in [4.69, 9.17) is 9.84 Å². The van der Waals surface area contributed by atoms with Gasteiger partial charge in [-0.1, -0.05) is 6.08 Å². The van der Waals surface area contributed by atoms with Gasteiger partial charge < -0.3 is 9.84 Å². The molecule has 0 bridgehead atoms. The average molecular weight is 128 g/mol. The van der Waals surface area contributed by atoms with Crippen LogP contribution in [0.5, 0.6) is 0 Å². The zero-order chi connectivity index (χ0) is 6.69. The van der Waals surface area contributed by atoms with Gasteiger partial charge in [-0.15, -0.1) is 6.58 Å². The van der Waals surface area contributed by atoms with E-state index in [1.165, 1.54) is 0 Å². The maximum atomic E-state index is 8.97. The smallest absolute Gasteiger partial charge is 0.0798 e. The Bertz CT molecular complexity index is 101. The summed E-state index contributed by atoms with van der Waals surface area (Å²) in [6.07, 6.45) is 3.43. The monoisotopic (exact) mass is 128 g/mol. The number of hydrogen-bond acceptors (Lipinski definition) is 2. The predicted molar refractivity (Wildman–Crippen MR) is 35.2 cm³/mol. The lowest BCUT2D eigenvalue weighted by molar-refractivity contribution is 0.0902. The van der Waals surface area contributed by atoms with Gasteiger partial charge >= 0.3 is 0 Å². The third-order valence-electron chi connectivity index (χ3n) is 1.49.